The largest absolute Gasteiger partial charge is 0.365 e. The fraction of sp³-hybridized carbons (Fsp3) is 0.533. The average molecular weight is 275 g/mol. The monoisotopic (exact) mass is 275 g/mol. The molecule has 3 nitrogen and oxygen atoms in total. The SMILES string of the molecule is CNc1nc2ccc(CN3CCC(C)CC3)cc2s1. The van der Waals surface area contributed by atoms with Crippen LogP contribution in [0.2, 0.25) is 0 Å². The molecule has 1 aliphatic rings. The lowest BCUT2D eigenvalue weighted by atomic mass is 9.99. The summed E-state index contributed by atoms with van der Waals surface area (Å²) in [5.74, 6) is 0.901. The Labute approximate surface area is 118 Å². The second-order valence-corrected chi connectivity index (χ2v) is 6.56. The number of anilines is 1. The minimum Gasteiger partial charge on any atom is -0.365 e. The van der Waals surface area contributed by atoms with Gasteiger partial charge in [0.1, 0.15) is 0 Å². The molecule has 1 aromatic carbocycles. The standard InChI is InChI=1S/C15H21N3S/c1-11-5-7-18(8-6-11)10-12-3-4-13-14(9-12)19-15(16-2)17-13/h3-4,9,11H,5-8,10H2,1-2H3,(H,16,17). The predicted molar refractivity (Wildman–Crippen MR) is 82.8 cm³/mol. The first kappa shape index (κ1) is 12.9. The number of rotatable bonds is 3. The molecule has 102 valence electrons. The van der Waals surface area contributed by atoms with Gasteiger partial charge in [-0.1, -0.05) is 24.3 Å². The van der Waals surface area contributed by atoms with Crippen LogP contribution >= 0.6 is 11.3 Å². The van der Waals surface area contributed by atoms with Gasteiger partial charge >= 0.3 is 0 Å². The molecule has 0 aliphatic carbocycles. The van der Waals surface area contributed by atoms with Crippen molar-refractivity contribution in [3.05, 3.63) is 23.8 Å². The van der Waals surface area contributed by atoms with Gasteiger partial charge in [0.2, 0.25) is 0 Å². The molecular weight excluding hydrogens is 254 g/mol. The summed E-state index contributed by atoms with van der Waals surface area (Å²) in [6.07, 6.45) is 2.68. The zero-order chi connectivity index (χ0) is 13.2. The molecule has 1 fully saturated rings. The van der Waals surface area contributed by atoms with E-state index in [0.29, 0.717) is 0 Å². The molecular formula is C15H21N3S. The van der Waals surface area contributed by atoms with Crippen LogP contribution in [0.1, 0.15) is 25.3 Å². The minimum absolute atomic E-state index is 0.901. The molecule has 0 spiro atoms. The number of benzene rings is 1. The van der Waals surface area contributed by atoms with E-state index >= 15 is 0 Å². The van der Waals surface area contributed by atoms with Crippen molar-refractivity contribution in [1.82, 2.24) is 9.88 Å². The number of piperidine rings is 1. The molecule has 0 bridgehead atoms. The van der Waals surface area contributed by atoms with Crippen molar-refractivity contribution in [3.8, 4) is 0 Å². The summed E-state index contributed by atoms with van der Waals surface area (Å²) in [5, 5.41) is 4.12. The highest BCUT2D eigenvalue weighted by atomic mass is 32.1. The van der Waals surface area contributed by atoms with Crippen LogP contribution in [0.5, 0.6) is 0 Å². The van der Waals surface area contributed by atoms with E-state index in [4.69, 9.17) is 0 Å². The molecule has 2 aromatic rings. The normalized spacial score (nSPS) is 18.0. The van der Waals surface area contributed by atoms with E-state index < -0.39 is 0 Å². The second-order valence-electron chi connectivity index (χ2n) is 5.53. The van der Waals surface area contributed by atoms with E-state index in [1.54, 1.807) is 11.3 Å². The summed E-state index contributed by atoms with van der Waals surface area (Å²) in [7, 11) is 1.92. The maximum Gasteiger partial charge on any atom is 0.183 e. The van der Waals surface area contributed by atoms with Gasteiger partial charge in [-0.2, -0.15) is 0 Å². The van der Waals surface area contributed by atoms with Crippen LogP contribution in [-0.4, -0.2) is 30.0 Å². The Morgan fingerprint density at radius 2 is 2.16 bits per heavy atom. The highest BCUT2D eigenvalue weighted by molar-refractivity contribution is 7.22. The summed E-state index contributed by atoms with van der Waals surface area (Å²) in [5.41, 5.74) is 2.51. The number of thiazole rings is 1. The fourth-order valence-electron chi connectivity index (χ4n) is 2.65. The predicted octanol–water partition coefficient (Wildman–Crippen LogP) is 3.57. The molecule has 3 rings (SSSR count). The first-order valence-corrected chi connectivity index (χ1v) is 7.86. The van der Waals surface area contributed by atoms with E-state index in [0.717, 1.165) is 23.1 Å². The van der Waals surface area contributed by atoms with Crippen LogP contribution < -0.4 is 5.32 Å². The highest BCUT2D eigenvalue weighted by Gasteiger charge is 2.15. The number of aromatic nitrogens is 1. The molecule has 2 heterocycles. The molecule has 1 aliphatic heterocycles. The van der Waals surface area contributed by atoms with Crippen LogP contribution in [0.3, 0.4) is 0 Å². The summed E-state index contributed by atoms with van der Waals surface area (Å²) < 4.78 is 1.28. The van der Waals surface area contributed by atoms with Crippen LogP contribution in [-0.2, 0) is 6.54 Å². The van der Waals surface area contributed by atoms with Crippen LogP contribution in [0.25, 0.3) is 10.2 Å². The Kier molecular flexibility index (Phi) is 3.71. The van der Waals surface area contributed by atoms with Crippen molar-refractivity contribution >= 4 is 26.7 Å². The molecule has 1 aromatic heterocycles. The average Bonchev–Trinajstić information content (AvgIpc) is 2.83. The van der Waals surface area contributed by atoms with Crippen LogP contribution in [0.4, 0.5) is 5.13 Å². The maximum atomic E-state index is 4.52. The van der Waals surface area contributed by atoms with Gasteiger partial charge in [-0.25, -0.2) is 4.98 Å². The zero-order valence-electron chi connectivity index (χ0n) is 11.6. The quantitative estimate of drug-likeness (QED) is 0.928. The third-order valence-electron chi connectivity index (χ3n) is 3.95. The topological polar surface area (TPSA) is 28.2 Å². The number of likely N-dealkylation sites (tertiary alicyclic amines) is 1. The van der Waals surface area contributed by atoms with Crippen molar-refractivity contribution < 1.29 is 0 Å². The van der Waals surface area contributed by atoms with E-state index in [1.165, 1.54) is 36.2 Å². The number of hydrogen-bond acceptors (Lipinski definition) is 4. The van der Waals surface area contributed by atoms with Crippen molar-refractivity contribution in [2.45, 2.75) is 26.3 Å². The lowest BCUT2D eigenvalue weighted by molar-refractivity contribution is 0.185. The number of hydrogen-bond donors (Lipinski definition) is 1. The van der Waals surface area contributed by atoms with Crippen LogP contribution in [0, 0.1) is 5.92 Å². The molecule has 4 heteroatoms. The molecule has 0 unspecified atom stereocenters. The molecule has 0 radical (unpaired) electrons. The molecule has 0 saturated carbocycles. The van der Waals surface area contributed by atoms with Gasteiger partial charge in [-0.05, 0) is 49.5 Å². The van der Waals surface area contributed by atoms with Crippen molar-refractivity contribution in [3.63, 3.8) is 0 Å². The third-order valence-corrected chi connectivity index (χ3v) is 4.98. The molecule has 1 N–H and O–H groups in total. The van der Waals surface area contributed by atoms with Crippen molar-refractivity contribution in [2.75, 3.05) is 25.5 Å². The lowest BCUT2D eigenvalue weighted by Gasteiger charge is -2.30. The smallest absolute Gasteiger partial charge is 0.183 e. The molecule has 0 amide bonds. The summed E-state index contributed by atoms with van der Waals surface area (Å²) >= 11 is 1.73. The first-order chi connectivity index (χ1) is 9.24. The van der Waals surface area contributed by atoms with Gasteiger partial charge in [0.05, 0.1) is 10.2 Å². The maximum absolute atomic E-state index is 4.52. The number of nitrogens with zero attached hydrogens (tertiary/aromatic N) is 2. The minimum atomic E-state index is 0.901. The van der Waals surface area contributed by atoms with Gasteiger partial charge in [0, 0.05) is 13.6 Å². The van der Waals surface area contributed by atoms with Gasteiger partial charge in [0.25, 0.3) is 0 Å². The van der Waals surface area contributed by atoms with Crippen molar-refractivity contribution in [1.29, 1.82) is 0 Å². The number of nitrogens with one attached hydrogen (secondary N) is 1. The van der Waals surface area contributed by atoms with E-state index in [2.05, 4.69) is 40.3 Å². The Hall–Kier alpha value is -1.13. The third kappa shape index (κ3) is 2.90. The van der Waals surface area contributed by atoms with Gasteiger partial charge < -0.3 is 5.32 Å². The molecule has 0 atom stereocenters. The Balaban J connectivity index is 1.74. The zero-order valence-corrected chi connectivity index (χ0v) is 12.5. The summed E-state index contributed by atoms with van der Waals surface area (Å²) in [6, 6.07) is 6.67. The Morgan fingerprint density at radius 3 is 2.89 bits per heavy atom. The van der Waals surface area contributed by atoms with Crippen molar-refractivity contribution in [2.24, 2.45) is 5.92 Å². The van der Waals surface area contributed by atoms with Crippen LogP contribution in [0.15, 0.2) is 18.2 Å². The first-order valence-electron chi connectivity index (χ1n) is 7.04. The van der Waals surface area contributed by atoms with Gasteiger partial charge in [-0.3, -0.25) is 4.90 Å². The van der Waals surface area contributed by atoms with Gasteiger partial charge in [0.15, 0.2) is 5.13 Å². The van der Waals surface area contributed by atoms with E-state index in [1.807, 2.05) is 7.05 Å². The molecule has 19 heavy (non-hydrogen) atoms. The highest BCUT2D eigenvalue weighted by Crippen LogP contribution is 2.27. The second kappa shape index (κ2) is 5.47. The summed E-state index contributed by atoms with van der Waals surface area (Å²) in [4.78, 5) is 7.09. The van der Waals surface area contributed by atoms with E-state index in [-0.39, 0.29) is 0 Å². The number of fused-ring (bicyclic) bond motifs is 1. The Morgan fingerprint density at radius 1 is 1.37 bits per heavy atom. The van der Waals surface area contributed by atoms with E-state index in [9.17, 15) is 0 Å². The fourth-order valence-corrected chi connectivity index (χ4v) is 3.54. The van der Waals surface area contributed by atoms with Gasteiger partial charge in [-0.15, -0.1) is 0 Å². The Bertz CT molecular complexity index is 556. The lowest BCUT2D eigenvalue weighted by Crippen LogP contribution is -2.32. The summed E-state index contributed by atoms with van der Waals surface area (Å²) in [6.45, 7) is 5.92. The molecule has 1 saturated heterocycles.